The molecule has 0 saturated carbocycles. The molecule has 10 heteroatoms. The molecule has 0 radical (unpaired) electrons. The quantitative estimate of drug-likeness (QED) is 0.575. The fourth-order valence-corrected chi connectivity index (χ4v) is 3.67. The van der Waals surface area contributed by atoms with Gasteiger partial charge in [-0.15, -0.1) is 0 Å². The van der Waals surface area contributed by atoms with Crippen molar-refractivity contribution in [2.24, 2.45) is 0 Å². The van der Waals surface area contributed by atoms with Crippen molar-refractivity contribution in [1.29, 1.82) is 0 Å². The molecule has 1 amide bonds. The molecule has 0 unspecified atom stereocenters. The second-order valence-electron chi connectivity index (χ2n) is 7.27. The van der Waals surface area contributed by atoms with E-state index in [9.17, 15) is 27.2 Å². The van der Waals surface area contributed by atoms with E-state index in [0.717, 1.165) is 28.9 Å². The number of aryl methyl sites for hydroxylation is 1. The maximum atomic E-state index is 14.2. The number of rotatable bonds is 3. The number of morpholine rings is 1. The molecule has 1 fully saturated rings. The Bertz CT molecular complexity index is 1210. The SMILES string of the molecule is Cc1cnn(C(=O)c2ccc(F)cc2F)c1[C@@H]1COCCN1C(=O)c1ccc(F)cc1F. The third-order valence-electron chi connectivity index (χ3n) is 5.22. The predicted molar refractivity (Wildman–Crippen MR) is 104 cm³/mol. The molecule has 1 aliphatic rings. The highest BCUT2D eigenvalue weighted by atomic mass is 19.1. The zero-order chi connectivity index (χ0) is 23.0. The molecule has 0 bridgehead atoms. The Balaban J connectivity index is 1.74. The summed E-state index contributed by atoms with van der Waals surface area (Å²) in [4.78, 5) is 27.4. The van der Waals surface area contributed by atoms with Gasteiger partial charge < -0.3 is 9.64 Å². The Labute approximate surface area is 180 Å². The van der Waals surface area contributed by atoms with Crippen LogP contribution in [-0.2, 0) is 4.74 Å². The van der Waals surface area contributed by atoms with Crippen molar-refractivity contribution < 1.29 is 31.9 Å². The van der Waals surface area contributed by atoms with Gasteiger partial charge in [-0.2, -0.15) is 9.78 Å². The fraction of sp³-hybridized carbons (Fsp3) is 0.227. The summed E-state index contributed by atoms with van der Waals surface area (Å²) in [7, 11) is 0. The molecule has 1 aromatic heterocycles. The lowest BCUT2D eigenvalue weighted by Gasteiger charge is -2.36. The van der Waals surface area contributed by atoms with E-state index < -0.39 is 46.7 Å². The number of benzene rings is 2. The Morgan fingerprint density at radius 1 is 0.969 bits per heavy atom. The number of halogens is 4. The topological polar surface area (TPSA) is 64.4 Å². The largest absolute Gasteiger partial charge is 0.377 e. The summed E-state index contributed by atoms with van der Waals surface area (Å²) in [6.45, 7) is 1.85. The minimum atomic E-state index is -1.06. The summed E-state index contributed by atoms with van der Waals surface area (Å²) in [6.07, 6.45) is 1.37. The number of nitrogens with zero attached hydrogens (tertiary/aromatic N) is 3. The van der Waals surface area contributed by atoms with Gasteiger partial charge >= 0.3 is 0 Å². The van der Waals surface area contributed by atoms with Gasteiger partial charge in [0.25, 0.3) is 11.8 Å². The first-order valence-corrected chi connectivity index (χ1v) is 9.66. The van der Waals surface area contributed by atoms with Crippen LogP contribution in [0.2, 0.25) is 0 Å². The number of carbonyl (C=O) groups is 2. The summed E-state index contributed by atoms with van der Waals surface area (Å²) in [5.41, 5.74) is 0.0101. The molecule has 1 saturated heterocycles. The first-order valence-electron chi connectivity index (χ1n) is 9.66. The monoisotopic (exact) mass is 447 g/mol. The van der Waals surface area contributed by atoms with Gasteiger partial charge in [0.05, 0.1) is 42.3 Å². The minimum Gasteiger partial charge on any atom is -0.377 e. The highest BCUT2D eigenvalue weighted by Crippen LogP contribution is 2.30. The zero-order valence-electron chi connectivity index (χ0n) is 16.8. The molecule has 0 spiro atoms. The lowest BCUT2D eigenvalue weighted by Crippen LogP contribution is -2.45. The maximum Gasteiger partial charge on any atom is 0.281 e. The Morgan fingerprint density at radius 2 is 1.56 bits per heavy atom. The molecule has 2 heterocycles. The van der Waals surface area contributed by atoms with Crippen molar-refractivity contribution in [3.63, 3.8) is 0 Å². The molecule has 0 aliphatic carbocycles. The van der Waals surface area contributed by atoms with Gasteiger partial charge in [0.2, 0.25) is 0 Å². The van der Waals surface area contributed by atoms with Gasteiger partial charge in [0.15, 0.2) is 0 Å². The third kappa shape index (κ3) is 3.89. The van der Waals surface area contributed by atoms with Gasteiger partial charge in [-0.25, -0.2) is 17.6 Å². The van der Waals surface area contributed by atoms with Crippen LogP contribution in [0.3, 0.4) is 0 Å². The molecule has 0 N–H and O–H groups in total. The van der Waals surface area contributed by atoms with Gasteiger partial charge in [-0.05, 0) is 36.8 Å². The molecule has 4 rings (SSSR count). The van der Waals surface area contributed by atoms with Gasteiger partial charge in [0.1, 0.15) is 23.3 Å². The van der Waals surface area contributed by atoms with Gasteiger partial charge in [-0.1, -0.05) is 0 Å². The molecule has 3 aromatic rings. The molecular formula is C22H17F4N3O3. The van der Waals surface area contributed by atoms with Gasteiger partial charge in [0, 0.05) is 18.7 Å². The smallest absolute Gasteiger partial charge is 0.281 e. The predicted octanol–water partition coefficient (Wildman–Crippen LogP) is 3.65. The van der Waals surface area contributed by atoms with Crippen LogP contribution < -0.4 is 0 Å². The van der Waals surface area contributed by atoms with Crippen molar-refractivity contribution in [3.05, 3.63) is 88.2 Å². The number of ether oxygens (including phenoxy) is 1. The van der Waals surface area contributed by atoms with E-state index in [-0.39, 0.29) is 31.0 Å². The van der Waals surface area contributed by atoms with Crippen LogP contribution in [0.1, 0.15) is 38.0 Å². The molecular weight excluding hydrogens is 430 g/mol. The molecule has 2 aromatic carbocycles. The van der Waals surface area contributed by atoms with E-state index in [0.29, 0.717) is 17.7 Å². The number of carbonyl (C=O) groups excluding carboxylic acids is 2. The van der Waals surface area contributed by atoms with Crippen LogP contribution in [0.4, 0.5) is 17.6 Å². The summed E-state index contributed by atoms with van der Waals surface area (Å²) in [5.74, 6) is -5.32. The maximum absolute atomic E-state index is 14.2. The van der Waals surface area contributed by atoms with Crippen molar-refractivity contribution in [1.82, 2.24) is 14.7 Å². The Hall–Kier alpha value is -3.53. The molecule has 6 nitrogen and oxygen atoms in total. The Kier molecular flexibility index (Phi) is 5.79. The molecule has 1 aliphatic heterocycles. The fourth-order valence-electron chi connectivity index (χ4n) is 3.67. The van der Waals surface area contributed by atoms with Crippen LogP contribution in [0.5, 0.6) is 0 Å². The van der Waals surface area contributed by atoms with Crippen LogP contribution in [-0.4, -0.2) is 46.3 Å². The number of hydrogen-bond acceptors (Lipinski definition) is 4. The molecule has 166 valence electrons. The van der Waals surface area contributed by atoms with E-state index >= 15 is 0 Å². The summed E-state index contributed by atoms with van der Waals surface area (Å²) >= 11 is 0. The average molecular weight is 447 g/mol. The normalized spacial score (nSPS) is 16.3. The third-order valence-corrected chi connectivity index (χ3v) is 5.22. The first kappa shape index (κ1) is 21.7. The molecule has 1 atom stereocenters. The second kappa shape index (κ2) is 8.54. The van der Waals surface area contributed by atoms with Crippen molar-refractivity contribution >= 4 is 11.8 Å². The van der Waals surface area contributed by atoms with E-state index in [4.69, 9.17) is 4.74 Å². The van der Waals surface area contributed by atoms with E-state index in [1.807, 2.05) is 0 Å². The van der Waals surface area contributed by atoms with E-state index in [1.54, 1.807) is 6.92 Å². The van der Waals surface area contributed by atoms with Gasteiger partial charge in [-0.3, -0.25) is 9.59 Å². The zero-order valence-corrected chi connectivity index (χ0v) is 16.8. The summed E-state index contributed by atoms with van der Waals surface area (Å²) in [5, 5.41) is 4.02. The summed E-state index contributed by atoms with van der Waals surface area (Å²) in [6, 6.07) is 4.31. The van der Waals surface area contributed by atoms with Crippen LogP contribution >= 0.6 is 0 Å². The van der Waals surface area contributed by atoms with Crippen LogP contribution in [0, 0.1) is 30.2 Å². The van der Waals surface area contributed by atoms with Crippen LogP contribution in [0.25, 0.3) is 0 Å². The van der Waals surface area contributed by atoms with Crippen LogP contribution in [0.15, 0.2) is 42.6 Å². The Morgan fingerprint density at radius 3 is 2.16 bits per heavy atom. The number of amides is 1. The molecule has 32 heavy (non-hydrogen) atoms. The summed E-state index contributed by atoms with van der Waals surface area (Å²) < 4.78 is 61.4. The average Bonchev–Trinajstić information content (AvgIpc) is 3.14. The number of hydrogen-bond donors (Lipinski definition) is 0. The first-order chi connectivity index (χ1) is 15.3. The highest BCUT2D eigenvalue weighted by molar-refractivity contribution is 5.97. The second-order valence-corrected chi connectivity index (χ2v) is 7.27. The van der Waals surface area contributed by atoms with Crippen molar-refractivity contribution in [2.75, 3.05) is 19.8 Å². The lowest BCUT2D eigenvalue weighted by molar-refractivity contribution is -0.00534. The van der Waals surface area contributed by atoms with E-state index in [2.05, 4.69) is 5.10 Å². The number of aromatic nitrogens is 2. The highest BCUT2D eigenvalue weighted by Gasteiger charge is 2.35. The lowest BCUT2D eigenvalue weighted by atomic mass is 10.0. The van der Waals surface area contributed by atoms with Crippen molar-refractivity contribution in [2.45, 2.75) is 13.0 Å². The standard InChI is InChI=1S/C22H17F4N3O3/c1-12-10-27-29(22(31)16-5-3-14(24)9-18(16)26)20(12)19-11-32-7-6-28(19)21(30)15-4-2-13(23)8-17(15)25/h2-5,8-10,19H,6-7,11H2,1H3/t19-/m0/s1. The van der Waals surface area contributed by atoms with Crippen molar-refractivity contribution in [3.8, 4) is 0 Å². The van der Waals surface area contributed by atoms with E-state index in [1.165, 1.54) is 11.1 Å². The minimum absolute atomic E-state index is 0.0275.